The van der Waals surface area contributed by atoms with E-state index in [1.807, 2.05) is 27.7 Å². The summed E-state index contributed by atoms with van der Waals surface area (Å²) in [6, 6.07) is 4.35. The van der Waals surface area contributed by atoms with E-state index in [0.29, 0.717) is 23.3 Å². The number of carboxylic acid groups (broad SMARTS) is 1. The summed E-state index contributed by atoms with van der Waals surface area (Å²) in [5.41, 5.74) is -0.0612. The molecule has 0 fully saturated rings. The number of hydrogen-bond donors (Lipinski definition) is 2. The molecule has 2 aliphatic rings. The maximum Gasteiger partial charge on any atom is 0.341 e. The SMILES string of the molecule is CCCC(CO)N1C=C(C(=O)O)C(=O)C2=CC(Cc3cccc(Cl)c3F)=C(OC(C)C)C[C@@]21C. The van der Waals surface area contributed by atoms with E-state index in [4.69, 9.17) is 16.3 Å². The maximum absolute atomic E-state index is 14.7. The molecule has 1 unspecified atom stereocenters. The number of benzene rings is 1. The number of nitrogens with zero attached hydrogens (tertiary/aromatic N) is 1. The third kappa shape index (κ3) is 4.91. The fraction of sp³-hybridized carbons (Fsp3) is 0.462. The lowest BCUT2D eigenvalue weighted by Gasteiger charge is -2.50. The fourth-order valence-electron chi connectivity index (χ4n) is 4.71. The van der Waals surface area contributed by atoms with Gasteiger partial charge in [0.15, 0.2) is 5.78 Å². The Kier molecular flexibility index (Phi) is 7.88. The Hall–Kier alpha value is -2.64. The molecule has 1 heterocycles. The van der Waals surface area contributed by atoms with Crippen LogP contribution in [0.5, 0.6) is 0 Å². The molecule has 184 valence electrons. The minimum atomic E-state index is -1.33. The zero-order valence-electron chi connectivity index (χ0n) is 19.9. The van der Waals surface area contributed by atoms with Crippen molar-refractivity contribution >= 4 is 23.4 Å². The molecule has 0 bridgehead atoms. The molecule has 0 radical (unpaired) electrons. The van der Waals surface area contributed by atoms with E-state index in [0.717, 1.165) is 6.42 Å². The van der Waals surface area contributed by atoms with Crippen molar-refractivity contribution in [2.75, 3.05) is 6.61 Å². The first-order chi connectivity index (χ1) is 16.0. The Morgan fingerprint density at radius 3 is 2.65 bits per heavy atom. The summed E-state index contributed by atoms with van der Waals surface area (Å²) in [5.74, 6) is -1.87. The fourth-order valence-corrected chi connectivity index (χ4v) is 4.91. The van der Waals surface area contributed by atoms with Crippen molar-refractivity contribution in [3.05, 3.63) is 69.4 Å². The van der Waals surface area contributed by atoms with Crippen LogP contribution in [-0.4, -0.2) is 51.2 Å². The molecule has 0 amide bonds. The topological polar surface area (TPSA) is 87.1 Å². The Bertz CT molecular complexity index is 1080. The van der Waals surface area contributed by atoms with Gasteiger partial charge in [0.1, 0.15) is 17.1 Å². The summed E-state index contributed by atoms with van der Waals surface area (Å²) < 4.78 is 20.8. The third-order valence-electron chi connectivity index (χ3n) is 6.34. The highest BCUT2D eigenvalue weighted by molar-refractivity contribution is 6.30. The molecule has 2 N–H and O–H groups in total. The van der Waals surface area contributed by atoms with Gasteiger partial charge in [0, 0.05) is 24.6 Å². The van der Waals surface area contributed by atoms with E-state index < -0.39 is 23.1 Å². The number of ether oxygens (including phenoxy) is 1. The van der Waals surface area contributed by atoms with Crippen LogP contribution in [0, 0.1) is 5.82 Å². The quantitative estimate of drug-likeness (QED) is 0.482. The number of ketones is 1. The lowest BCUT2D eigenvalue weighted by atomic mass is 9.73. The molecule has 0 saturated heterocycles. The van der Waals surface area contributed by atoms with E-state index >= 15 is 0 Å². The number of Topliss-reactive ketones (excluding diaryl/α,β-unsaturated/α-hetero) is 1. The average molecular weight is 492 g/mol. The van der Waals surface area contributed by atoms with Gasteiger partial charge in [-0.2, -0.15) is 0 Å². The third-order valence-corrected chi connectivity index (χ3v) is 6.63. The van der Waals surface area contributed by atoms with Gasteiger partial charge in [0.2, 0.25) is 0 Å². The molecule has 1 aromatic rings. The Morgan fingerprint density at radius 1 is 1.35 bits per heavy atom. The second kappa shape index (κ2) is 10.3. The molecule has 0 aromatic heterocycles. The highest BCUT2D eigenvalue weighted by Crippen LogP contribution is 2.45. The van der Waals surface area contributed by atoms with Gasteiger partial charge < -0.3 is 19.8 Å². The molecule has 1 aliphatic carbocycles. The zero-order chi connectivity index (χ0) is 25.2. The van der Waals surface area contributed by atoms with Crippen LogP contribution in [-0.2, 0) is 20.7 Å². The van der Waals surface area contributed by atoms with Gasteiger partial charge in [-0.15, -0.1) is 0 Å². The Balaban J connectivity index is 2.18. The second-order valence-corrected chi connectivity index (χ2v) is 9.63. The van der Waals surface area contributed by atoms with E-state index in [9.17, 15) is 24.2 Å². The molecule has 8 heteroatoms. The van der Waals surface area contributed by atoms with Gasteiger partial charge in [0.25, 0.3) is 0 Å². The summed E-state index contributed by atoms with van der Waals surface area (Å²) in [6.45, 7) is 7.39. The minimum Gasteiger partial charge on any atom is -0.495 e. The Labute approximate surface area is 204 Å². The van der Waals surface area contributed by atoms with Crippen LogP contribution < -0.4 is 0 Å². The number of fused-ring (bicyclic) bond motifs is 1. The normalized spacial score (nSPS) is 21.3. The summed E-state index contributed by atoms with van der Waals surface area (Å²) in [6.07, 6.45) is 4.60. The summed E-state index contributed by atoms with van der Waals surface area (Å²) in [7, 11) is 0. The van der Waals surface area contributed by atoms with Crippen LogP contribution in [0.2, 0.25) is 5.02 Å². The number of carbonyl (C=O) groups is 2. The number of aliphatic carboxylic acids is 1. The average Bonchev–Trinajstić information content (AvgIpc) is 2.76. The molecule has 3 rings (SSSR count). The highest BCUT2D eigenvalue weighted by atomic mass is 35.5. The van der Waals surface area contributed by atoms with Crippen molar-refractivity contribution in [2.24, 2.45) is 0 Å². The number of allylic oxidation sites excluding steroid dienone is 2. The molecule has 1 aromatic carbocycles. The van der Waals surface area contributed by atoms with E-state index in [1.165, 1.54) is 12.3 Å². The molecule has 1 aliphatic heterocycles. The number of rotatable bonds is 9. The van der Waals surface area contributed by atoms with Crippen molar-refractivity contribution in [3.63, 3.8) is 0 Å². The van der Waals surface area contributed by atoms with Crippen LogP contribution in [0.1, 0.15) is 52.5 Å². The van der Waals surface area contributed by atoms with Crippen molar-refractivity contribution < 1.29 is 28.9 Å². The van der Waals surface area contributed by atoms with Crippen molar-refractivity contribution in [3.8, 4) is 0 Å². The number of aliphatic hydroxyl groups is 1. The number of hydrogen-bond acceptors (Lipinski definition) is 5. The smallest absolute Gasteiger partial charge is 0.341 e. The van der Waals surface area contributed by atoms with Crippen LogP contribution in [0.15, 0.2) is 53.0 Å². The predicted octanol–water partition coefficient (Wildman–Crippen LogP) is 4.80. The van der Waals surface area contributed by atoms with Crippen LogP contribution in [0.3, 0.4) is 0 Å². The zero-order valence-corrected chi connectivity index (χ0v) is 20.7. The first kappa shape index (κ1) is 26.0. The van der Waals surface area contributed by atoms with Crippen molar-refractivity contribution in [2.45, 2.75) is 71.1 Å². The molecule has 2 atom stereocenters. The predicted molar refractivity (Wildman–Crippen MR) is 128 cm³/mol. The van der Waals surface area contributed by atoms with Gasteiger partial charge in [-0.1, -0.05) is 37.1 Å². The molecule has 6 nitrogen and oxygen atoms in total. The van der Waals surface area contributed by atoms with Crippen molar-refractivity contribution in [1.82, 2.24) is 4.90 Å². The summed E-state index contributed by atoms with van der Waals surface area (Å²) >= 11 is 5.97. The van der Waals surface area contributed by atoms with Gasteiger partial charge in [-0.25, -0.2) is 9.18 Å². The van der Waals surface area contributed by atoms with Gasteiger partial charge >= 0.3 is 5.97 Å². The van der Waals surface area contributed by atoms with Gasteiger partial charge in [-0.3, -0.25) is 4.79 Å². The number of aliphatic hydroxyl groups excluding tert-OH is 1. The van der Waals surface area contributed by atoms with Crippen LogP contribution >= 0.6 is 11.6 Å². The van der Waals surface area contributed by atoms with Gasteiger partial charge in [0.05, 0.1) is 29.3 Å². The van der Waals surface area contributed by atoms with Gasteiger partial charge in [-0.05, 0) is 50.5 Å². The molecular formula is C26H31ClFNO5. The molecule has 34 heavy (non-hydrogen) atoms. The van der Waals surface area contributed by atoms with Crippen molar-refractivity contribution in [1.29, 1.82) is 0 Å². The number of carboxylic acids is 1. The molecule has 0 spiro atoms. The summed E-state index contributed by atoms with van der Waals surface area (Å²) in [4.78, 5) is 27.0. The lowest BCUT2D eigenvalue weighted by Crippen LogP contribution is -2.57. The number of halogens is 2. The molecule has 0 saturated carbocycles. The first-order valence-corrected chi connectivity index (χ1v) is 11.8. The largest absolute Gasteiger partial charge is 0.495 e. The number of carbonyl (C=O) groups excluding carboxylic acids is 1. The van der Waals surface area contributed by atoms with E-state index in [1.54, 1.807) is 23.1 Å². The first-order valence-electron chi connectivity index (χ1n) is 11.5. The van der Waals surface area contributed by atoms with Crippen LogP contribution in [0.25, 0.3) is 0 Å². The summed E-state index contributed by atoms with van der Waals surface area (Å²) in [5, 5.41) is 19.8. The van der Waals surface area contributed by atoms with E-state index in [2.05, 4.69) is 0 Å². The lowest BCUT2D eigenvalue weighted by molar-refractivity contribution is -0.135. The monoisotopic (exact) mass is 491 g/mol. The Morgan fingerprint density at radius 2 is 2.06 bits per heavy atom. The minimum absolute atomic E-state index is 0.000836. The van der Waals surface area contributed by atoms with E-state index in [-0.39, 0.29) is 47.8 Å². The standard InChI is InChI=1S/C26H31ClFNO5/c1-5-7-18(14-30)29-13-19(25(32)33)24(31)20-11-17(10-16-8-6-9-21(27)23(16)28)22(34-15(2)3)12-26(20,29)4/h6,8-9,11,13,15,18,30H,5,7,10,12,14H2,1-4H3,(H,32,33)/t18?,26-/m0/s1. The second-order valence-electron chi connectivity index (χ2n) is 9.22. The molecular weight excluding hydrogens is 461 g/mol. The van der Waals surface area contributed by atoms with Crippen LogP contribution in [0.4, 0.5) is 4.39 Å². The maximum atomic E-state index is 14.7. The highest BCUT2D eigenvalue weighted by Gasteiger charge is 2.49.